The van der Waals surface area contributed by atoms with Crippen LogP contribution in [-0.2, 0) is 0 Å². The van der Waals surface area contributed by atoms with Gasteiger partial charge in [-0.15, -0.1) is 0 Å². The first kappa shape index (κ1) is 8.69. The molecule has 0 aliphatic heterocycles. The third-order valence-electron chi connectivity index (χ3n) is 2.13. The van der Waals surface area contributed by atoms with Gasteiger partial charge >= 0.3 is 5.97 Å². The van der Waals surface area contributed by atoms with Gasteiger partial charge < -0.3 is 5.11 Å². The van der Waals surface area contributed by atoms with E-state index in [1.807, 2.05) is 19.1 Å². The lowest BCUT2D eigenvalue weighted by atomic mass is 10.1. The van der Waals surface area contributed by atoms with Gasteiger partial charge in [0, 0.05) is 17.3 Å². The van der Waals surface area contributed by atoms with Crippen molar-refractivity contribution in [3.8, 4) is 0 Å². The van der Waals surface area contributed by atoms with Gasteiger partial charge in [-0.3, -0.25) is 4.98 Å². The summed E-state index contributed by atoms with van der Waals surface area (Å²) < 4.78 is 0. The second kappa shape index (κ2) is 3.10. The Morgan fingerprint density at radius 2 is 2.21 bits per heavy atom. The van der Waals surface area contributed by atoms with Crippen LogP contribution in [0.2, 0.25) is 0 Å². The van der Waals surface area contributed by atoms with E-state index in [-0.39, 0.29) is 0 Å². The minimum atomic E-state index is -0.916. The van der Waals surface area contributed by atoms with Crippen LogP contribution in [-0.4, -0.2) is 16.1 Å². The lowest BCUT2D eigenvalue weighted by Gasteiger charge is -2.01. The van der Waals surface area contributed by atoms with Crippen LogP contribution in [0.4, 0.5) is 0 Å². The molecular formula is C11H9NO2. The summed E-state index contributed by atoms with van der Waals surface area (Å²) in [6.45, 7) is 1.88. The molecule has 0 aliphatic rings. The van der Waals surface area contributed by atoms with Crippen molar-refractivity contribution in [2.24, 2.45) is 0 Å². The Bertz CT molecular complexity index is 506. The summed E-state index contributed by atoms with van der Waals surface area (Å²) in [6.07, 6.45) is 1.61. The highest BCUT2D eigenvalue weighted by molar-refractivity contribution is 6.03. The van der Waals surface area contributed by atoms with Crippen LogP contribution < -0.4 is 0 Å². The third-order valence-corrected chi connectivity index (χ3v) is 2.13. The Labute approximate surface area is 81.0 Å². The van der Waals surface area contributed by atoms with Gasteiger partial charge in [-0.05, 0) is 24.4 Å². The van der Waals surface area contributed by atoms with Crippen LogP contribution in [0, 0.1) is 6.92 Å². The molecule has 3 nitrogen and oxygen atoms in total. The summed E-state index contributed by atoms with van der Waals surface area (Å²) in [7, 11) is 0. The normalized spacial score (nSPS) is 10.4. The van der Waals surface area contributed by atoms with Crippen LogP contribution in [0.5, 0.6) is 0 Å². The summed E-state index contributed by atoms with van der Waals surface area (Å²) >= 11 is 0. The van der Waals surface area contributed by atoms with Gasteiger partial charge in [-0.1, -0.05) is 12.1 Å². The molecule has 3 heteroatoms. The number of rotatable bonds is 1. The van der Waals surface area contributed by atoms with Crippen LogP contribution in [0.3, 0.4) is 0 Å². The van der Waals surface area contributed by atoms with E-state index in [4.69, 9.17) is 5.11 Å². The molecule has 2 rings (SSSR count). The lowest BCUT2D eigenvalue weighted by molar-refractivity contribution is 0.0699. The third kappa shape index (κ3) is 1.33. The van der Waals surface area contributed by atoms with Crippen molar-refractivity contribution in [3.63, 3.8) is 0 Å². The first-order valence-electron chi connectivity index (χ1n) is 4.27. The minimum Gasteiger partial charge on any atom is -0.478 e. The number of aromatic nitrogens is 1. The standard InChI is InChI=1S/C11H9NO2/c1-7-5-8-3-2-4-9(11(13)14)10(8)6-12-7/h2-6H,1H3,(H,13,14). The zero-order valence-electron chi connectivity index (χ0n) is 7.69. The average Bonchev–Trinajstić information content (AvgIpc) is 2.16. The molecule has 0 saturated carbocycles. The Hall–Kier alpha value is -1.90. The highest BCUT2D eigenvalue weighted by atomic mass is 16.4. The highest BCUT2D eigenvalue weighted by Crippen LogP contribution is 2.18. The maximum Gasteiger partial charge on any atom is 0.336 e. The smallest absolute Gasteiger partial charge is 0.336 e. The van der Waals surface area contributed by atoms with Crippen molar-refractivity contribution < 1.29 is 9.90 Å². The molecular weight excluding hydrogens is 178 g/mol. The Balaban J connectivity index is 2.81. The predicted octanol–water partition coefficient (Wildman–Crippen LogP) is 2.24. The average molecular weight is 187 g/mol. The number of carboxylic acids is 1. The van der Waals surface area contributed by atoms with E-state index in [0.29, 0.717) is 10.9 Å². The Morgan fingerprint density at radius 3 is 2.93 bits per heavy atom. The second-order valence-electron chi connectivity index (χ2n) is 3.16. The fourth-order valence-corrected chi connectivity index (χ4v) is 1.47. The van der Waals surface area contributed by atoms with E-state index in [0.717, 1.165) is 11.1 Å². The molecule has 0 bridgehead atoms. The first-order chi connectivity index (χ1) is 6.68. The van der Waals surface area contributed by atoms with Crippen LogP contribution in [0.15, 0.2) is 30.5 Å². The van der Waals surface area contributed by atoms with Crippen LogP contribution >= 0.6 is 0 Å². The van der Waals surface area contributed by atoms with E-state index in [2.05, 4.69) is 4.98 Å². The number of carboxylic acid groups (broad SMARTS) is 1. The molecule has 2 aromatic rings. The number of pyridine rings is 1. The highest BCUT2D eigenvalue weighted by Gasteiger charge is 2.07. The molecule has 1 N–H and O–H groups in total. The van der Waals surface area contributed by atoms with Gasteiger partial charge in [0.25, 0.3) is 0 Å². The zero-order valence-corrected chi connectivity index (χ0v) is 7.69. The van der Waals surface area contributed by atoms with Gasteiger partial charge in [0.2, 0.25) is 0 Å². The number of hydrogen-bond acceptors (Lipinski definition) is 2. The molecule has 14 heavy (non-hydrogen) atoms. The molecule has 0 atom stereocenters. The monoisotopic (exact) mass is 187 g/mol. The van der Waals surface area contributed by atoms with Crippen molar-refractivity contribution >= 4 is 16.7 Å². The minimum absolute atomic E-state index is 0.301. The molecule has 70 valence electrons. The summed E-state index contributed by atoms with van der Waals surface area (Å²) in [5.74, 6) is -0.916. The van der Waals surface area contributed by atoms with Crippen molar-refractivity contribution in [2.75, 3.05) is 0 Å². The molecule has 0 spiro atoms. The van der Waals surface area contributed by atoms with Crippen molar-refractivity contribution in [3.05, 3.63) is 41.7 Å². The summed E-state index contributed by atoms with van der Waals surface area (Å²) in [5, 5.41) is 10.5. The molecule has 1 aromatic carbocycles. The van der Waals surface area contributed by atoms with Gasteiger partial charge in [-0.2, -0.15) is 0 Å². The van der Waals surface area contributed by atoms with Crippen molar-refractivity contribution in [2.45, 2.75) is 6.92 Å². The maximum atomic E-state index is 10.9. The molecule has 0 unspecified atom stereocenters. The van der Waals surface area contributed by atoms with Crippen LogP contribution in [0.1, 0.15) is 16.1 Å². The number of aryl methyl sites for hydroxylation is 1. The topological polar surface area (TPSA) is 50.2 Å². The number of fused-ring (bicyclic) bond motifs is 1. The van der Waals surface area contributed by atoms with E-state index < -0.39 is 5.97 Å². The van der Waals surface area contributed by atoms with Gasteiger partial charge in [0.15, 0.2) is 0 Å². The van der Waals surface area contributed by atoms with Crippen molar-refractivity contribution in [1.29, 1.82) is 0 Å². The van der Waals surface area contributed by atoms with E-state index in [1.165, 1.54) is 0 Å². The molecule has 1 aromatic heterocycles. The number of hydrogen-bond donors (Lipinski definition) is 1. The fourth-order valence-electron chi connectivity index (χ4n) is 1.47. The molecule has 0 amide bonds. The zero-order chi connectivity index (χ0) is 10.1. The summed E-state index contributed by atoms with van der Waals surface area (Å²) in [6, 6.07) is 7.09. The van der Waals surface area contributed by atoms with Gasteiger partial charge in [0.1, 0.15) is 0 Å². The number of benzene rings is 1. The van der Waals surface area contributed by atoms with E-state index in [9.17, 15) is 4.79 Å². The molecule has 1 heterocycles. The Kier molecular flexibility index (Phi) is 1.93. The van der Waals surface area contributed by atoms with Crippen molar-refractivity contribution in [1.82, 2.24) is 4.98 Å². The molecule has 0 saturated heterocycles. The summed E-state index contributed by atoms with van der Waals surface area (Å²) in [5.41, 5.74) is 1.19. The fraction of sp³-hybridized carbons (Fsp3) is 0.0909. The molecule has 0 radical (unpaired) electrons. The molecule has 0 fully saturated rings. The van der Waals surface area contributed by atoms with Gasteiger partial charge in [-0.25, -0.2) is 4.79 Å². The SMILES string of the molecule is Cc1cc2cccc(C(=O)O)c2cn1. The van der Waals surface area contributed by atoms with E-state index >= 15 is 0 Å². The van der Waals surface area contributed by atoms with E-state index in [1.54, 1.807) is 18.3 Å². The number of carbonyl (C=O) groups is 1. The Morgan fingerprint density at radius 1 is 1.43 bits per heavy atom. The van der Waals surface area contributed by atoms with Crippen LogP contribution in [0.25, 0.3) is 10.8 Å². The second-order valence-corrected chi connectivity index (χ2v) is 3.16. The van der Waals surface area contributed by atoms with Gasteiger partial charge in [0.05, 0.1) is 5.56 Å². The number of nitrogens with zero attached hydrogens (tertiary/aromatic N) is 1. The first-order valence-corrected chi connectivity index (χ1v) is 4.27. The quantitative estimate of drug-likeness (QED) is 0.744. The lowest BCUT2D eigenvalue weighted by Crippen LogP contribution is -1.97. The maximum absolute atomic E-state index is 10.9. The molecule has 0 aliphatic carbocycles. The number of aromatic carboxylic acids is 1. The largest absolute Gasteiger partial charge is 0.478 e. The predicted molar refractivity (Wildman–Crippen MR) is 53.4 cm³/mol. The summed E-state index contributed by atoms with van der Waals surface area (Å²) in [4.78, 5) is 15.0.